The molecule has 0 fully saturated rings. The minimum atomic E-state index is -1.48. The summed E-state index contributed by atoms with van der Waals surface area (Å²) in [4.78, 5) is 68.3. The molecule has 0 spiro atoms. The first-order valence-electron chi connectivity index (χ1n) is 7.11. The Morgan fingerprint density at radius 1 is 0.920 bits per heavy atom. The normalized spacial score (nSPS) is 11.9. The molecule has 0 aromatic heterocycles. The number of carboxylic acids is 2. The first-order chi connectivity index (χ1) is 11.6. The van der Waals surface area contributed by atoms with Gasteiger partial charge in [0.15, 0.2) is 0 Å². The molecule has 10 nitrogen and oxygen atoms in total. The lowest BCUT2D eigenvalue weighted by Gasteiger charge is -2.27. The first-order valence-corrected chi connectivity index (χ1v) is 7.11. The van der Waals surface area contributed by atoms with E-state index in [-0.39, 0.29) is 28.8 Å². The van der Waals surface area contributed by atoms with Crippen LogP contribution in [0.1, 0.15) is 26.7 Å². The summed E-state index contributed by atoms with van der Waals surface area (Å²) in [5, 5.41) is 17.3. The van der Waals surface area contributed by atoms with E-state index in [0.29, 0.717) is 30.7 Å². The molecule has 4 amide bonds. The van der Waals surface area contributed by atoms with Crippen LogP contribution in [0.15, 0.2) is 24.3 Å². The Morgan fingerprint density at radius 2 is 1.40 bits per heavy atom. The van der Waals surface area contributed by atoms with Crippen molar-refractivity contribution in [1.29, 1.82) is 0 Å². The van der Waals surface area contributed by atoms with Crippen LogP contribution in [-0.4, -0.2) is 56.3 Å². The van der Waals surface area contributed by atoms with Gasteiger partial charge in [-0.2, -0.15) is 10.0 Å². The predicted molar refractivity (Wildman–Crippen MR) is 82.4 cm³/mol. The molecule has 0 rings (SSSR count). The van der Waals surface area contributed by atoms with Crippen LogP contribution < -0.4 is 0 Å². The van der Waals surface area contributed by atoms with Gasteiger partial charge in [0.1, 0.15) is 0 Å². The number of nitrogens with zero attached hydrogens (tertiary/aromatic N) is 2. The number of hydrogen-bond acceptors (Lipinski definition) is 6. The topological polar surface area (TPSA) is 149 Å². The van der Waals surface area contributed by atoms with Crippen molar-refractivity contribution in [3.63, 3.8) is 0 Å². The fourth-order valence-corrected chi connectivity index (χ4v) is 1.51. The Kier molecular flexibility index (Phi) is 9.09. The molecule has 0 bridgehead atoms. The molecular weight excluding hydrogens is 336 g/mol. The number of hydrogen-bond donors (Lipinski definition) is 2. The van der Waals surface area contributed by atoms with E-state index in [1.165, 1.54) is 0 Å². The van der Waals surface area contributed by atoms with Crippen LogP contribution in [0.2, 0.25) is 0 Å². The molecule has 1 atom stereocenters. The van der Waals surface area contributed by atoms with Crippen molar-refractivity contribution < 1.29 is 39.0 Å². The van der Waals surface area contributed by atoms with Crippen molar-refractivity contribution >= 4 is 36.1 Å². The molecule has 10 heteroatoms. The number of imide groups is 2. The maximum atomic E-state index is 12.3. The molecule has 0 aliphatic heterocycles. The standard InChI is InChI=1S/C15H18N2O8/c1-3-10(2)8-13(21)17(12(20)5-7-15(24)25)16(9-18)11(19)4-6-14(22)23/h4-7,9-10H,3,8H2,1-2H3,(H,22,23)(H,24,25)/b6-4-,7-5-/t10-/m1/s1. The third kappa shape index (κ3) is 7.68. The van der Waals surface area contributed by atoms with Gasteiger partial charge in [-0.25, -0.2) is 9.59 Å². The van der Waals surface area contributed by atoms with Crippen LogP contribution in [-0.2, 0) is 28.8 Å². The molecule has 2 N–H and O–H groups in total. The molecule has 0 aromatic carbocycles. The molecule has 136 valence electrons. The Morgan fingerprint density at radius 3 is 1.80 bits per heavy atom. The molecule has 25 heavy (non-hydrogen) atoms. The van der Waals surface area contributed by atoms with Crippen molar-refractivity contribution in [2.24, 2.45) is 5.92 Å². The van der Waals surface area contributed by atoms with Gasteiger partial charge in [0.25, 0.3) is 11.8 Å². The Hall–Kier alpha value is -3.30. The minimum Gasteiger partial charge on any atom is -0.478 e. The van der Waals surface area contributed by atoms with E-state index < -0.39 is 29.7 Å². The summed E-state index contributed by atoms with van der Waals surface area (Å²) < 4.78 is 0. The van der Waals surface area contributed by atoms with Crippen LogP contribution in [0.5, 0.6) is 0 Å². The number of carboxylic acid groups (broad SMARTS) is 2. The molecule has 0 unspecified atom stereocenters. The second-order valence-electron chi connectivity index (χ2n) is 4.89. The lowest BCUT2D eigenvalue weighted by molar-refractivity contribution is -0.171. The monoisotopic (exact) mass is 354 g/mol. The highest BCUT2D eigenvalue weighted by molar-refractivity contribution is 6.08. The van der Waals surface area contributed by atoms with E-state index in [0.717, 1.165) is 0 Å². The smallest absolute Gasteiger partial charge is 0.328 e. The summed E-state index contributed by atoms with van der Waals surface area (Å²) in [6.45, 7) is 3.48. The number of rotatable bonds is 8. The van der Waals surface area contributed by atoms with Crippen molar-refractivity contribution in [1.82, 2.24) is 10.0 Å². The van der Waals surface area contributed by atoms with Gasteiger partial charge in [-0.3, -0.25) is 19.2 Å². The van der Waals surface area contributed by atoms with Gasteiger partial charge in [-0.15, -0.1) is 0 Å². The first kappa shape index (κ1) is 21.7. The van der Waals surface area contributed by atoms with Crippen LogP contribution >= 0.6 is 0 Å². The molecule has 0 saturated carbocycles. The Labute approximate surface area is 143 Å². The summed E-state index contributed by atoms with van der Waals surface area (Å²) in [5.41, 5.74) is 0. The maximum Gasteiger partial charge on any atom is 0.328 e. The van der Waals surface area contributed by atoms with Gasteiger partial charge < -0.3 is 10.2 Å². The fourth-order valence-electron chi connectivity index (χ4n) is 1.51. The van der Waals surface area contributed by atoms with Crippen molar-refractivity contribution in [3.8, 4) is 0 Å². The highest BCUT2D eigenvalue weighted by atomic mass is 16.4. The summed E-state index contributed by atoms with van der Waals surface area (Å²) in [6.07, 6.45) is 2.09. The highest BCUT2D eigenvalue weighted by Gasteiger charge is 2.30. The zero-order valence-corrected chi connectivity index (χ0v) is 13.6. The summed E-state index contributed by atoms with van der Waals surface area (Å²) in [6, 6.07) is 0. The fraction of sp³-hybridized carbons (Fsp3) is 0.333. The largest absolute Gasteiger partial charge is 0.478 e. The molecule has 0 heterocycles. The SMILES string of the molecule is CC[C@@H](C)CC(=O)N(C(=O)/C=C\C(=O)O)N(C=O)C(=O)/C=C\C(=O)O. The molecule has 0 aromatic rings. The van der Waals surface area contributed by atoms with Crippen LogP contribution in [0.4, 0.5) is 0 Å². The maximum absolute atomic E-state index is 12.3. The molecule has 0 aliphatic rings. The van der Waals surface area contributed by atoms with Crippen molar-refractivity contribution in [3.05, 3.63) is 24.3 Å². The van der Waals surface area contributed by atoms with E-state index in [1.54, 1.807) is 13.8 Å². The molecule has 0 saturated heterocycles. The van der Waals surface area contributed by atoms with Crippen molar-refractivity contribution in [2.75, 3.05) is 0 Å². The van der Waals surface area contributed by atoms with E-state index >= 15 is 0 Å². The van der Waals surface area contributed by atoms with Crippen molar-refractivity contribution in [2.45, 2.75) is 26.7 Å². The molecular formula is C15H18N2O8. The van der Waals surface area contributed by atoms with Crippen LogP contribution in [0.25, 0.3) is 0 Å². The Bertz CT molecular complexity index is 623. The van der Waals surface area contributed by atoms with E-state index in [1.807, 2.05) is 0 Å². The lowest BCUT2D eigenvalue weighted by atomic mass is 10.0. The number of amides is 4. The number of carbonyl (C=O) groups is 6. The minimum absolute atomic E-state index is 0.0820. The van der Waals surface area contributed by atoms with Gasteiger partial charge in [0, 0.05) is 30.7 Å². The number of hydrazine groups is 1. The van der Waals surface area contributed by atoms with Gasteiger partial charge in [-0.1, -0.05) is 20.3 Å². The van der Waals surface area contributed by atoms with E-state index in [2.05, 4.69) is 0 Å². The van der Waals surface area contributed by atoms with Gasteiger partial charge >= 0.3 is 11.9 Å². The summed E-state index contributed by atoms with van der Waals surface area (Å²) in [7, 11) is 0. The second-order valence-corrected chi connectivity index (χ2v) is 4.89. The van der Waals surface area contributed by atoms with Gasteiger partial charge in [0.05, 0.1) is 0 Å². The van der Waals surface area contributed by atoms with Crippen LogP contribution in [0, 0.1) is 5.92 Å². The zero-order valence-electron chi connectivity index (χ0n) is 13.6. The second kappa shape index (κ2) is 10.5. The summed E-state index contributed by atoms with van der Waals surface area (Å²) >= 11 is 0. The van der Waals surface area contributed by atoms with Gasteiger partial charge in [-0.05, 0) is 5.92 Å². The van der Waals surface area contributed by atoms with Gasteiger partial charge in [0.2, 0.25) is 12.3 Å². The number of carbonyl (C=O) groups excluding carboxylic acids is 4. The predicted octanol–water partition coefficient (Wildman–Crippen LogP) is -0.0406. The number of aliphatic carboxylic acids is 2. The average molecular weight is 354 g/mol. The lowest BCUT2D eigenvalue weighted by Crippen LogP contribution is -2.51. The molecule has 0 aliphatic carbocycles. The quantitative estimate of drug-likeness (QED) is 0.350. The third-order valence-corrected chi connectivity index (χ3v) is 2.94. The highest BCUT2D eigenvalue weighted by Crippen LogP contribution is 2.12. The Balaban J connectivity index is 5.73. The third-order valence-electron chi connectivity index (χ3n) is 2.94. The van der Waals surface area contributed by atoms with Crippen LogP contribution in [0.3, 0.4) is 0 Å². The van der Waals surface area contributed by atoms with E-state index in [9.17, 15) is 28.8 Å². The summed E-state index contributed by atoms with van der Waals surface area (Å²) in [5.74, 6) is -6.54. The van der Waals surface area contributed by atoms with E-state index in [4.69, 9.17) is 10.2 Å². The average Bonchev–Trinajstić information content (AvgIpc) is 2.54. The zero-order chi connectivity index (χ0) is 19.6. The molecule has 0 radical (unpaired) electrons.